The van der Waals surface area contributed by atoms with E-state index in [1.54, 1.807) is 6.92 Å². The van der Waals surface area contributed by atoms with Gasteiger partial charge < -0.3 is 4.79 Å². The number of hydrogen-bond acceptors (Lipinski definition) is 4. The van der Waals surface area contributed by atoms with Crippen LogP contribution < -0.4 is 0 Å². The predicted octanol–water partition coefficient (Wildman–Crippen LogP) is 1.24. The summed E-state index contributed by atoms with van der Waals surface area (Å²) in [6.45, 7) is 1.54. The number of carbonyl (C=O) groups is 1. The SMILES string of the molecule is Cc1nc(C#CCC=O)ccc1[N+](=O)[O-]. The summed E-state index contributed by atoms with van der Waals surface area (Å²) in [4.78, 5) is 23.9. The zero-order valence-electron chi connectivity index (χ0n) is 8.06. The number of rotatable bonds is 2. The molecule has 0 amide bonds. The summed E-state index contributed by atoms with van der Waals surface area (Å²) in [5.74, 6) is 5.21. The number of pyridine rings is 1. The normalized spacial score (nSPS) is 8.87. The third kappa shape index (κ3) is 2.88. The zero-order valence-corrected chi connectivity index (χ0v) is 8.06. The van der Waals surface area contributed by atoms with E-state index in [0.29, 0.717) is 17.7 Å². The van der Waals surface area contributed by atoms with Gasteiger partial charge in [-0.25, -0.2) is 4.98 Å². The van der Waals surface area contributed by atoms with Gasteiger partial charge in [0.05, 0.1) is 11.3 Å². The molecule has 0 unspecified atom stereocenters. The van der Waals surface area contributed by atoms with Crippen molar-refractivity contribution >= 4 is 12.0 Å². The molecule has 5 heteroatoms. The van der Waals surface area contributed by atoms with Crippen molar-refractivity contribution in [1.29, 1.82) is 0 Å². The molecule has 1 aromatic rings. The lowest BCUT2D eigenvalue weighted by atomic mass is 10.2. The summed E-state index contributed by atoms with van der Waals surface area (Å²) in [6, 6.07) is 2.82. The molecule has 1 aromatic heterocycles. The highest BCUT2D eigenvalue weighted by Crippen LogP contribution is 2.14. The van der Waals surface area contributed by atoms with E-state index in [1.165, 1.54) is 12.1 Å². The molecule has 0 atom stereocenters. The molecule has 0 N–H and O–H groups in total. The summed E-state index contributed by atoms with van der Waals surface area (Å²) >= 11 is 0. The second kappa shape index (κ2) is 4.86. The van der Waals surface area contributed by atoms with Gasteiger partial charge in [0.25, 0.3) is 5.69 Å². The molecule has 0 aromatic carbocycles. The molecule has 0 saturated carbocycles. The Balaban J connectivity index is 2.98. The monoisotopic (exact) mass is 204 g/mol. The topological polar surface area (TPSA) is 73.1 Å². The van der Waals surface area contributed by atoms with Gasteiger partial charge >= 0.3 is 0 Å². The number of nitrogens with zero attached hydrogens (tertiary/aromatic N) is 2. The minimum atomic E-state index is -0.495. The van der Waals surface area contributed by atoms with E-state index in [-0.39, 0.29) is 12.1 Å². The summed E-state index contributed by atoms with van der Waals surface area (Å²) < 4.78 is 0. The quantitative estimate of drug-likeness (QED) is 0.314. The first-order valence-corrected chi connectivity index (χ1v) is 4.19. The average molecular weight is 204 g/mol. The van der Waals surface area contributed by atoms with Gasteiger partial charge in [-0.3, -0.25) is 10.1 Å². The Hall–Kier alpha value is -2.22. The number of aldehydes is 1. The molecular formula is C10H8N2O3. The number of aromatic nitrogens is 1. The second-order valence-electron chi connectivity index (χ2n) is 2.73. The maximum Gasteiger partial charge on any atom is 0.290 e. The summed E-state index contributed by atoms with van der Waals surface area (Å²) in [6.07, 6.45) is 0.822. The lowest BCUT2D eigenvalue weighted by Crippen LogP contribution is -1.95. The van der Waals surface area contributed by atoms with E-state index in [0.717, 1.165) is 0 Å². The molecule has 1 rings (SSSR count). The van der Waals surface area contributed by atoms with Crippen molar-refractivity contribution in [3.63, 3.8) is 0 Å². The Morgan fingerprint density at radius 3 is 2.87 bits per heavy atom. The van der Waals surface area contributed by atoms with Crippen LogP contribution in [0.1, 0.15) is 17.8 Å². The molecule has 15 heavy (non-hydrogen) atoms. The van der Waals surface area contributed by atoms with Crippen LogP contribution >= 0.6 is 0 Å². The molecule has 76 valence electrons. The highest BCUT2D eigenvalue weighted by atomic mass is 16.6. The summed E-state index contributed by atoms with van der Waals surface area (Å²) in [5.41, 5.74) is 0.716. The molecule has 0 aliphatic rings. The highest BCUT2D eigenvalue weighted by molar-refractivity contribution is 5.54. The van der Waals surface area contributed by atoms with E-state index in [9.17, 15) is 14.9 Å². The fourth-order valence-corrected chi connectivity index (χ4v) is 1.000. The van der Waals surface area contributed by atoms with E-state index >= 15 is 0 Å². The van der Waals surface area contributed by atoms with Crippen molar-refractivity contribution in [3.8, 4) is 11.8 Å². The van der Waals surface area contributed by atoms with Crippen LogP contribution in [-0.2, 0) is 4.79 Å². The van der Waals surface area contributed by atoms with E-state index < -0.39 is 4.92 Å². The maximum absolute atomic E-state index is 10.5. The first-order chi connectivity index (χ1) is 7.15. The largest absolute Gasteiger partial charge is 0.302 e. The average Bonchev–Trinajstić information content (AvgIpc) is 2.17. The Labute approximate surface area is 86.3 Å². The van der Waals surface area contributed by atoms with Crippen LogP contribution in [0, 0.1) is 28.9 Å². The first kappa shape index (κ1) is 10.9. The fourth-order valence-electron chi connectivity index (χ4n) is 1.000. The predicted molar refractivity (Wildman–Crippen MR) is 53.2 cm³/mol. The molecule has 0 spiro atoms. The standard InChI is InChI=1S/C10H8N2O3/c1-8-10(12(14)15)6-5-9(11-8)4-2-3-7-13/h5-7H,3H2,1H3. The zero-order chi connectivity index (χ0) is 11.3. The van der Waals surface area contributed by atoms with Crippen LogP contribution in [0.2, 0.25) is 0 Å². The first-order valence-electron chi connectivity index (χ1n) is 4.19. The number of carbonyl (C=O) groups excluding carboxylic acids is 1. The molecule has 0 saturated heterocycles. The summed E-state index contributed by atoms with van der Waals surface area (Å²) in [5, 5.41) is 10.5. The summed E-state index contributed by atoms with van der Waals surface area (Å²) in [7, 11) is 0. The molecule has 0 bridgehead atoms. The molecular weight excluding hydrogens is 196 g/mol. The lowest BCUT2D eigenvalue weighted by Gasteiger charge is -1.95. The molecule has 1 heterocycles. The van der Waals surface area contributed by atoms with Gasteiger partial charge in [0.1, 0.15) is 17.7 Å². The fraction of sp³-hybridized carbons (Fsp3) is 0.200. The number of nitro groups is 1. The Morgan fingerprint density at radius 2 is 2.33 bits per heavy atom. The van der Waals surface area contributed by atoms with Gasteiger partial charge in [0.15, 0.2) is 0 Å². The van der Waals surface area contributed by atoms with Crippen molar-refractivity contribution in [2.24, 2.45) is 0 Å². The Bertz CT molecular complexity index is 457. The maximum atomic E-state index is 10.5. The second-order valence-corrected chi connectivity index (χ2v) is 2.73. The molecule has 0 radical (unpaired) electrons. The van der Waals surface area contributed by atoms with Gasteiger partial charge in [-0.15, -0.1) is 0 Å². The van der Waals surface area contributed by atoms with Crippen molar-refractivity contribution in [3.05, 3.63) is 33.6 Å². The third-order valence-electron chi connectivity index (χ3n) is 1.66. The van der Waals surface area contributed by atoms with Crippen LogP contribution in [0.15, 0.2) is 12.1 Å². The molecule has 0 aliphatic heterocycles. The van der Waals surface area contributed by atoms with E-state index in [2.05, 4.69) is 16.8 Å². The van der Waals surface area contributed by atoms with Gasteiger partial charge in [-0.1, -0.05) is 5.92 Å². The number of aryl methyl sites for hydroxylation is 1. The van der Waals surface area contributed by atoms with Gasteiger partial charge in [0, 0.05) is 6.07 Å². The van der Waals surface area contributed by atoms with Crippen molar-refractivity contribution in [2.45, 2.75) is 13.3 Å². The molecule has 0 aliphatic carbocycles. The van der Waals surface area contributed by atoms with Gasteiger partial charge in [0.2, 0.25) is 0 Å². The van der Waals surface area contributed by atoms with Crippen molar-refractivity contribution in [2.75, 3.05) is 0 Å². The Morgan fingerprint density at radius 1 is 1.60 bits per heavy atom. The van der Waals surface area contributed by atoms with Crippen LogP contribution in [0.25, 0.3) is 0 Å². The van der Waals surface area contributed by atoms with Crippen molar-refractivity contribution < 1.29 is 9.72 Å². The Kier molecular flexibility index (Phi) is 3.52. The minimum Gasteiger partial charge on any atom is -0.302 e. The van der Waals surface area contributed by atoms with Crippen LogP contribution in [0.3, 0.4) is 0 Å². The van der Waals surface area contributed by atoms with Crippen LogP contribution in [-0.4, -0.2) is 16.2 Å². The lowest BCUT2D eigenvalue weighted by molar-refractivity contribution is -0.385. The van der Waals surface area contributed by atoms with Gasteiger partial charge in [-0.2, -0.15) is 0 Å². The number of hydrogen-bond donors (Lipinski definition) is 0. The highest BCUT2D eigenvalue weighted by Gasteiger charge is 2.10. The van der Waals surface area contributed by atoms with E-state index in [4.69, 9.17) is 0 Å². The van der Waals surface area contributed by atoms with Crippen molar-refractivity contribution in [1.82, 2.24) is 4.98 Å². The minimum absolute atomic E-state index is 0.0315. The third-order valence-corrected chi connectivity index (χ3v) is 1.66. The van der Waals surface area contributed by atoms with E-state index in [1.807, 2.05) is 0 Å². The molecule has 5 nitrogen and oxygen atoms in total. The smallest absolute Gasteiger partial charge is 0.290 e. The van der Waals surface area contributed by atoms with Gasteiger partial charge in [-0.05, 0) is 18.9 Å². The molecule has 0 fully saturated rings. The van der Waals surface area contributed by atoms with Crippen LogP contribution in [0.5, 0.6) is 0 Å². The van der Waals surface area contributed by atoms with Crippen LogP contribution in [0.4, 0.5) is 5.69 Å².